The summed E-state index contributed by atoms with van der Waals surface area (Å²) in [6.45, 7) is 2.69. The Kier molecular flexibility index (Phi) is 5.70. The van der Waals surface area contributed by atoms with Gasteiger partial charge in [0.25, 0.3) is 0 Å². The number of hydrogen-bond acceptors (Lipinski definition) is 4. The van der Waals surface area contributed by atoms with Crippen molar-refractivity contribution in [2.45, 2.75) is 32.2 Å². The van der Waals surface area contributed by atoms with E-state index in [-0.39, 0.29) is 6.04 Å². The Morgan fingerprint density at radius 1 is 1.68 bits per heavy atom. The van der Waals surface area contributed by atoms with Gasteiger partial charge < -0.3 is 5.32 Å². The van der Waals surface area contributed by atoms with Crippen molar-refractivity contribution in [2.75, 3.05) is 13.6 Å². The fraction of sp³-hybridized carbons (Fsp3) is 0.438. The molecule has 6 heteroatoms. The molecule has 0 spiro atoms. The number of aromatic nitrogens is 2. The minimum Gasteiger partial charge on any atom is -0.379 e. The molecule has 0 amide bonds. The summed E-state index contributed by atoms with van der Waals surface area (Å²) < 4.78 is 1.87. The van der Waals surface area contributed by atoms with Crippen LogP contribution < -0.4 is 5.32 Å². The minimum atomic E-state index is 0.110. The van der Waals surface area contributed by atoms with Gasteiger partial charge in [-0.05, 0) is 12.3 Å². The van der Waals surface area contributed by atoms with E-state index in [2.05, 4.69) is 39.3 Å². The Labute approximate surface area is 130 Å². The Morgan fingerprint density at radius 2 is 2.55 bits per heavy atom. The number of aliphatic imine (C=N–C) groups is 2. The molecule has 1 aliphatic heterocycles. The number of nitrogens with zero attached hydrogens (tertiary/aromatic N) is 5. The van der Waals surface area contributed by atoms with Gasteiger partial charge in [0, 0.05) is 30.5 Å². The Hall–Kier alpha value is -2.64. The van der Waals surface area contributed by atoms with Crippen LogP contribution >= 0.6 is 0 Å². The normalized spacial score (nSPS) is 17.0. The summed E-state index contributed by atoms with van der Waals surface area (Å²) in [5, 5.41) is 16.3. The van der Waals surface area contributed by atoms with Crippen molar-refractivity contribution >= 4 is 17.9 Å². The topological polar surface area (TPSA) is 78.4 Å². The third kappa shape index (κ3) is 3.72. The molecular formula is C16H20N6. The highest BCUT2D eigenvalue weighted by atomic mass is 15.3. The summed E-state index contributed by atoms with van der Waals surface area (Å²) in [5.74, 6) is 2.85. The number of nitriles is 1. The lowest BCUT2D eigenvalue weighted by molar-refractivity contribution is 0.427. The first-order valence-corrected chi connectivity index (χ1v) is 7.39. The molecule has 0 aromatic carbocycles. The molecule has 2 heterocycles. The van der Waals surface area contributed by atoms with Gasteiger partial charge >= 0.3 is 0 Å². The smallest absolute Gasteiger partial charge is 0.0884 e. The van der Waals surface area contributed by atoms with Gasteiger partial charge in [-0.1, -0.05) is 13.3 Å². The molecule has 0 unspecified atom stereocenters. The first-order valence-electron chi connectivity index (χ1n) is 7.39. The van der Waals surface area contributed by atoms with Gasteiger partial charge in [-0.15, -0.1) is 0 Å². The quantitative estimate of drug-likeness (QED) is 0.619. The maximum absolute atomic E-state index is 8.97. The number of rotatable bonds is 7. The molecule has 1 aromatic heterocycles. The standard InChI is InChI=1S/C16H20N6/c1-3-4-15(5-7-17)22-11-14(10-21-22)16(20-12-18-2)13-6-8-19-9-13/h6,10-12,15H,3-5,9H2,1-2H3,(H,18,20)/b16-13-/t15-/m1/s1. The van der Waals surface area contributed by atoms with E-state index in [0.29, 0.717) is 13.0 Å². The van der Waals surface area contributed by atoms with Gasteiger partial charge in [-0.2, -0.15) is 10.4 Å². The largest absolute Gasteiger partial charge is 0.379 e. The summed E-state index contributed by atoms with van der Waals surface area (Å²) in [7, 11) is 1.81. The average molecular weight is 296 g/mol. The summed E-state index contributed by atoms with van der Waals surface area (Å²) in [4.78, 5) is 8.55. The fourth-order valence-electron chi connectivity index (χ4n) is 2.34. The van der Waals surface area contributed by atoms with Crippen LogP contribution in [0.4, 0.5) is 0 Å². The Bertz CT molecular complexity index is 667. The highest BCUT2D eigenvalue weighted by Gasteiger charge is 2.15. The Morgan fingerprint density at radius 3 is 3.18 bits per heavy atom. The van der Waals surface area contributed by atoms with E-state index in [1.165, 1.54) is 0 Å². The maximum Gasteiger partial charge on any atom is 0.0884 e. The molecule has 2 rings (SSSR count). The van der Waals surface area contributed by atoms with Crippen LogP contribution in [0, 0.1) is 11.3 Å². The van der Waals surface area contributed by atoms with Crippen LogP contribution in [0.2, 0.25) is 0 Å². The molecule has 0 saturated heterocycles. The molecule has 1 aliphatic rings. The lowest BCUT2D eigenvalue weighted by atomic mass is 10.1. The van der Waals surface area contributed by atoms with Gasteiger partial charge in [-0.3, -0.25) is 4.68 Å². The molecule has 0 radical (unpaired) electrons. The lowest BCUT2D eigenvalue weighted by Gasteiger charge is -2.12. The fourth-order valence-corrected chi connectivity index (χ4v) is 2.34. The van der Waals surface area contributed by atoms with Crippen LogP contribution in [0.15, 0.2) is 34.0 Å². The molecule has 114 valence electrons. The minimum absolute atomic E-state index is 0.110. The predicted octanol–water partition coefficient (Wildman–Crippen LogP) is 2.34. The summed E-state index contributed by atoms with van der Waals surface area (Å²) in [6.07, 6.45) is 9.65. The van der Waals surface area contributed by atoms with Crippen molar-refractivity contribution in [1.29, 1.82) is 5.26 Å². The molecule has 0 aliphatic carbocycles. The summed E-state index contributed by atoms with van der Waals surface area (Å²) >= 11 is 0. The third-order valence-corrected chi connectivity index (χ3v) is 3.40. The Balaban J connectivity index is 2.31. The van der Waals surface area contributed by atoms with Gasteiger partial charge in [-0.25, -0.2) is 9.98 Å². The zero-order valence-corrected chi connectivity index (χ0v) is 13.0. The SMILES string of the molecule is CCC[C@H](CC#N)n1cc(C(/N=C\NC)=C2\C=C=NC2)cn1. The van der Waals surface area contributed by atoms with E-state index in [4.69, 9.17) is 5.26 Å². The first kappa shape index (κ1) is 15.7. The van der Waals surface area contributed by atoms with Crippen molar-refractivity contribution in [3.05, 3.63) is 29.6 Å². The van der Waals surface area contributed by atoms with Crippen LogP contribution in [-0.2, 0) is 0 Å². The second kappa shape index (κ2) is 7.96. The van der Waals surface area contributed by atoms with Gasteiger partial charge in [0.1, 0.15) is 0 Å². The second-order valence-corrected chi connectivity index (χ2v) is 5.02. The van der Waals surface area contributed by atoms with Crippen molar-refractivity contribution < 1.29 is 0 Å². The molecule has 6 nitrogen and oxygen atoms in total. The maximum atomic E-state index is 8.97. The van der Waals surface area contributed by atoms with Crippen LogP contribution in [0.25, 0.3) is 5.70 Å². The van der Waals surface area contributed by atoms with Gasteiger partial charge in [0.05, 0.1) is 43.3 Å². The van der Waals surface area contributed by atoms with Crippen LogP contribution in [-0.4, -0.2) is 35.6 Å². The summed E-state index contributed by atoms with van der Waals surface area (Å²) in [5.41, 5.74) is 2.77. The average Bonchev–Trinajstić information content (AvgIpc) is 3.19. The van der Waals surface area contributed by atoms with Crippen LogP contribution in [0.5, 0.6) is 0 Å². The predicted molar refractivity (Wildman–Crippen MR) is 87.7 cm³/mol. The molecular weight excluding hydrogens is 276 g/mol. The highest BCUT2D eigenvalue weighted by molar-refractivity contribution is 5.80. The molecule has 22 heavy (non-hydrogen) atoms. The first-order chi connectivity index (χ1) is 10.8. The molecule has 0 fully saturated rings. The third-order valence-electron chi connectivity index (χ3n) is 3.40. The van der Waals surface area contributed by atoms with E-state index in [9.17, 15) is 0 Å². The summed E-state index contributed by atoms with van der Waals surface area (Å²) in [6, 6.07) is 2.35. The number of nitrogens with one attached hydrogen (secondary N) is 1. The zero-order chi connectivity index (χ0) is 15.8. The van der Waals surface area contributed by atoms with Gasteiger partial charge in [0.15, 0.2) is 0 Å². The number of hydrogen-bond donors (Lipinski definition) is 1. The van der Waals surface area contributed by atoms with Crippen molar-refractivity contribution in [1.82, 2.24) is 15.1 Å². The molecule has 1 aromatic rings. The van der Waals surface area contributed by atoms with Crippen molar-refractivity contribution in [3.8, 4) is 6.07 Å². The van der Waals surface area contributed by atoms with Crippen LogP contribution in [0.3, 0.4) is 0 Å². The molecule has 1 atom stereocenters. The van der Waals surface area contributed by atoms with E-state index in [0.717, 1.165) is 29.7 Å². The lowest BCUT2D eigenvalue weighted by Crippen LogP contribution is -2.08. The second-order valence-electron chi connectivity index (χ2n) is 5.02. The molecule has 0 saturated carbocycles. The highest BCUT2D eigenvalue weighted by Crippen LogP contribution is 2.24. The van der Waals surface area contributed by atoms with Crippen molar-refractivity contribution in [3.63, 3.8) is 0 Å². The van der Waals surface area contributed by atoms with E-state index >= 15 is 0 Å². The zero-order valence-electron chi connectivity index (χ0n) is 13.0. The van der Waals surface area contributed by atoms with E-state index < -0.39 is 0 Å². The molecule has 0 bridgehead atoms. The van der Waals surface area contributed by atoms with E-state index in [1.807, 2.05) is 17.0 Å². The molecule has 1 N–H and O–H groups in total. The van der Waals surface area contributed by atoms with Crippen molar-refractivity contribution in [2.24, 2.45) is 9.98 Å². The van der Waals surface area contributed by atoms with Crippen LogP contribution in [0.1, 0.15) is 37.8 Å². The van der Waals surface area contributed by atoms with E-state index in [1.54, 1.807) is 19.6 Å². The monoisotopic (exact) mass is 296 g/mol. The van der Waals surface area contributed by atoms with Gasteiger partial charge in [0.2, 0.25) is 0 Å².